The van der Waals surface area contributed by atoms with E-state index in [0.717, 1.165) is 35.1 Å². The van der Waals surface area contributed by atoms with Gasteiger partial charge in [0.2, 0.25) is 0 Å². The first-order valence-corrected chi connectivity index (χ1v) is 25.4. The van der Waals surface area contributed by atoms with Gasteiger partial charge in [0.05, 0.1) is 11.8 Å². The minimum Gasteiger partial charge on any atom is -0.298 e. The molecular formula is C68H54O2. The molecule has 70 heavy (non-hydrogen) atoms. The van der Waals surface area contributed by atoms with Crippen LogP contribution in [-0.4, -0.2) is 11.6 Å². The fraction of sp³-hybridized carbons (Fsp3) is 0.206. The second-order valence-electron chi connectivity index (χ2n) is 22.9. The Hall–Kier alpha value is -7.42. The summed E-state index contributed by atoms with van der Waals surface area (Å²) in [6, 6.07) is 53.9. The van der Waals surface area contributed by atoms with Crippen molar-refractivity contribution in [3.05, 3.63) is 214 Å². The van der Waals surface area contributed by atoms with Gasteiger partial charge in [-0.2, -0.15) is 0 Å². The van der Waals surface area contributed by atoms with Crippen molar-refractivity contribution < 1.29 is 9.59 Å². The molecule has 14 rings (SSSR count). The monoisotopic (exact) mass is 902 g/mol. The number of benzene rings is 8. The van der Waals surface area contributed by atoms with Crippen molar-refractivity contribution in [3.8, 4) is 66.8 Å². The van der Waals surface area contributed by atoms with Crippen LogP contribution < -0.4 is 10.4 Å². The first kappa shape index (κ1) is 41.5. The molecule has 0 N–H and O–H groups in total. The minimum atomic E-state index is -0.286. The molecule has 0 amide bonds. The van der Waals surface area contributed by atoms with E-state index in [-0.39, 0.29) is 34.5 Å². The molecule has 0 aliphatic heterocycles. The van der Waals surface area contributed by atoms with Gasteiger partial charge in [-0.3, -0.25) is 9.59 Å². The van der Waals surface area contributed by atoms with Crippen LogP contribution in [0, 0.1) is 22.7 Å². The van der Waals surface area contributed by atoms with Gasteiger partial charge in [0.15, 0.2) is 0 Å². The lowest BCUT2D eigenvalue weighted by molar-refractivity contribution is -0.128. The van der Waals surface area contributed by atoms with Gasteiger partial charge in [-0.25, -0.2) is 0 Å². The number of hydrogen-bond acceptors (Lipinski definition) is 2. The average molecular weight is 903 g/mol. The average Bonchev–Trinajstić information content (AvgIpc) is 3.88. The Morgan fingerprint density at radius 3 is 1.03 bits per heavy atom. The fourth-order valence-corrected chi connectivity index (χ4v) is 14.0. The van der Waals surface area contributed by atoms with Crippen molar-refractivity contribution in [1.29, 1.82) is 0 Å². The predicted octanol–water partition coefficient (Wildman–Crippen LogP) is 14.7. The quantitative estimate of drug-likeness (QED) is 0.176. The van der Waals surface area contributed by atoms with Crippen molar-refractivity contribution in [2.24, 2.45) is 22.7 Å². The van der Waals surface area contributed by atoms with Gasteiger partial charge in [-0.1, -0.05) is 211 Å². The summed E-state index contributed by atoms with van der Waals surface area (Å²) in [6.45, 7) is 13.3. The molecule has 338 valence electrons. The van der Waals surface area contributed by atoms with E-state index >= 15 is 0 Å². The van der Waals surface area contributed by atoms with Gasteiger partial charge >= 0.3 is 0 Å². The Labute approximate surface area is 410 Å². The van der Waals surface area contributed by atoms with E-state index in [9.17, 15) is 9.59 Å². The Morgan fingerprint density at radius 2 is 0.700 bits per heavy atom. The standard InChI is InChI=1S/C68H54O2/c1-67(2,3)49-35-41-27-29-43-57-45(31-33-47(51(41)57)65(49)69)61-55(39-23-15-9-16-24-39)64-54(38-21-13-8-14-22-38)60-44-30-28-42-36-50(68(4,5)6)66(70)48-34-32-46(58(44)52(42)48)62(60)56(40-25-17-10-18-26-40)63(64)53(59(43)61)37-19-11-7-12-20-37/h7-34,47-50H,35-36H2,1-6H3. The highest BCUT2D eigenvalue weighted by Crippen LogP contribution is 2.58. The number of rotatable bonds is 4. The van der Waals surface area contributed by atoms with Crippen molar-refractivity contribution in [3.63, 3.8) is 0 Å². The number of allylic oxidation sites excluding steroid dienone is 4. The van der Waals surface area contributed by atoms with Gasteiger partial charge in [0.1, 0.15) is 11.6 Å². The van der Waals surface area contributed by atoms with Crippen LogP contribution in [0.1, 0.15) is 86.8 Å². The zero-order chi connectivity index (χ0) is 47.5. The smallest absolute Gasteiger partial charge is 0.148 e. The number of fused-ring (bicyclic) bond motifs is 5. The van der Waals surface area contributed by atoms with Crippen LogP contribution in [0.5, 0.6) is 0 Å². The zero-order valence-electron chi connectivity index (χ0n) is 40.7. The third-order valence-corrected chi connectivity index (χ3v) is 17.1. The first-order valence-electron chi connectivity index (χ1n) is 25.4. The molecule has 0 radical (unpaired) electrons. The molecule has 6 aliphatic carbocycles. The van der Waals surface area contributed by atoms with Crippen LogP contribution in [-0.2, 0) is 22.4 Å². The summed E-state index contributed by atoms with van der Waals surface area (Å²) >= 11 is 0. The minimum absolute atomic E-state index is 0.0576. The summed E-state index contributed by atoms with van der Waals surface area (Å²) < 4.78 is 0. The van der Waals surface area contributed by atoms with E-state index in [1.807, 2.05) is 0 Å². The molecule has 0 saturated carbocycles. The van der Waals surface area contributed by atoms with Crippen molar-refractivity contribution in [2.45, 2.75) is 66.2 Å². The first-order chi connectivity index (χ1) is 33.9. The maximum absolute atomic E-state index is 14.8. The van der Waals surface area contributed by atoms with Crippen LogP contribution in [0.15, 0.2) is 170 Å². The summed E-state index contributed by atoms with van der Waals surface area (Å²) in [5.41, 5.74) is 23.9. The van der Waals surface area contributed by atoms with E-state index in [1.165, 1.54) is 110 Å². The highest BCUT2D eigenvalue weighted by atomic mass is 16.1. The summed E-state index contributed by atoms with van der Waals surface area (Å²) in [7, 11) is 0. The van der Waals surface area contributed by atoms with E-state index in [4.69, 9.17) is 0 Å². The third kappa shape index (κ3) is 5.56. The van der Waals surface area contributed by atoms with Gasteiger partial charge < -0.3 is 0 Å². The molecule has 4 unspecified atom stereocenters. The maximum atomic E-state index is 14.8. The molecule has 0 aromatic heterocycles. The molecule has 0 fully saturated rings. The Bertz CT molecular complexity index is 3600. The lowest BCUT2D eigenvalue weighted by Crippen LogP contribution is -2.38. The topological polar surface area (TPSA) is 34.1 Å². The number of carbonyl (C=O) groups excluding carboxylic acids is 2. The lowest BCUT2D eigenvalue weighted by atomic mass is 9.63. The van der Waals surface area contributed by atoms with Gasteiger partial charge in [-0.05, 0) is 156 Å². The van der Waals surface area contributed by atoms with Gasteiger partial charge in [0.25, 0.3) is 0 Å². The summed E-state index contributed by atoms with van der Waals surface area (Å²) in [5, 5.41) is 4.89. The van der Waals surface area contributed by atoms with E-state index in [1.54, 1.807) is 0 Å². The number of carbonyl (C=O) groups is 2. The maximum Gasteiger partial charge on any atom is 0.148 e. The van der Waals surface area contributed by atoms with Crippen LogP contribution in [0.25, 0.3) is 88.7 Å². The molecule has 2 heteroatoms. The predicted molar refractivity (Wildman–Crippen MR) is 288 cm³/mol. The summed E-state index contributed by atoms with van der Waals surface area (Å²) in [5.74, 6) is -0.0182. The Balaban J connectivity index is 1.25. The summed E-state index contributed by atoms with van der Waals surface area (Å²) in [6.07, 6.45) is 10.6. The molecule has 0 bridgehead atoms. The highest BCUT2D eigenvalue weighted by Gasteiger charge is 2.47. The third-order valence-electron chi connectivity index (χ3n) is 17.1. The molecule has 4 atom stereocenters. The van der Waals surface area contributed by atoms with Crippen LogP contribution in [0.4, 0.5) is 0 Å². The molecule has 8 aromatic rings. The van der Waals surface area contributed by atoms with Crippen molar-refractivity contribution >= 4 is 33.5 Å². The SMILES string of the molecule is CC(C)(C)C1Cc2ccc3c4c2C(C=CC4=c2c-3c(-c3ccccc3)c3c(-c4ccccc4)c4c(c(-c5ccccc5)c3c2-c2ccccc2)-c2ccc3c5c2C=4C=CC5C(=O)C(C(C)(C)C)C3)C1=O. The van der Waals surface area contributed by atoms with E-state index in [2.05, 4.69) is 211 Å². The van der Waals surface area contributed by atoms with Crippen molar-refractivity contribution in [1.82, 2.24) is 0 Å². The molecule has 8 aromatic carbocycles. The van der Waals surface area contributed by atoms with Gasteiger partial charge in [0, 0.05) is 11.8 Å². The second-order valence-corrected chi connectivity index (χ2v) is 22.9. The lowest BCUT2D eigenvalue weighted by Gasteiger charge is -2.39. The van der Waals surface area contributed by atoms with Crippen molar-refractivity contribution in [2.75, 3.05) is 0 Å². The highest BCUT2D eigenvalue weighted by molar-refractivity contribution is 6.27. The molecule has 0 heterocycles. The van der Waals surface area contributed by atoms with E-state index < -0.39 is 0 Å². The zero-order valence-corrected chi connectivity index (χ0v) is 40.7. The molecule has 0 spiro atoms. The fourth-order valence-electron chi connectivity index (χ4n) is 14.0. The number of ketones is 2. The molecular weight excluding hydrogens is 849 g/mol. The molecule has 0 saturated heterocycles. The van der Waals surface area contributed by atoms with Gasteiger partial charge in [-0.15, -0.1) is 0 Å². The second kappa shape index (κ2) is 14.6. The summed E-state index contributed by atoms with van der Waals surface area (Å²) in [4.78, 5) is 29.6. The normalized spacial score (nSPS) is 19.9. The Morgan fingerprint density at radius 1 is 0.371 bits per heavy atom. The van der Waals surface area contributed by atoms with Crippen LogP contribution in [0.2, 0.25) is 0 Å². The number of hydrogen-bond donors (Lipinski definition) is 0. The largest absolute Gasteiger partial charge is 0.298 e. The van der Waals surface area contributed by atoms with E-state index in [0.29, 0.717) is 11.6 Å². The van der Waals surface area contributed by atoms with Crippen LogP contribution in [0.3, 0.4) is 0 Å². The molecule has 6 aliphatic rings. The number of Topliss-reactive ketones (excluding diaryl/α,β-unsaturated/α-hetero) is 2. The van der Waals surface area contributed by atoms with Crippen LogP contribution >= 0.6 is 0 Å². The Kier molecular flexibility index (Phi) is 8.64. The molecule has 2 nitrogen and oxygen atoms in total.